The number of carbonyl (C=O) groups excluding carboxylic acids is 1. The summed E-state index contributed by atoms with van der Waals surface area (Å²) in [5, 5.41) is 10.0. The normalized spacial score (nSPS) is 12.1. The molecule has 0 bridgehead atoms. The molecule has 2 aromatic rings. The van der Waals surface area contributed by atoms with E-state index < -0.39 is 11.9 Å². The summed E-state index contributed by atoms with van der Waals surface area (Å²) in [5.41, 5.74) is 7.29. The van der Waals surface area contributed by atoms with Gasteiger partial charge >= 0.3 is 0 Å². The molecule has 0 aliphatic heterocycles. The van der Waals surface area contributed by atoms with Gasteiger partial charge in [0.2, 0.25) is 0 Å². The van der Waals surface area contributed by atoms with E-state index in [1.807, 2.05) is 13.0 Å². The maximum Gasteiger partial charge on any atom is 0.199 e. The maximum atomic E-state index is 12.1. The standard InChI is InChI=1S/C14H14N2O2/c1-9-7-11(14(15)16-8-9)13(18)12(17)10-5-3-2-4-6-10/h2-8,12,17H,1H3,(H2,15,16). The Kier molecular flexibility index (Phi) is 3.39. The summed E-state index contributed by atoms with van der Waals surface area (Å²) >= 11 is 0. The third kappa shape index (κ3) is 2.38. The van der Waals surface area contributed by atoms with Crippen LogP contribution in [0.5, 0.6) is 0 Å². The number of aromatic nitrogens is 1. The summed E-state index contributed by atoms with van der Waals surface area (Å²) in [7, 11) is 0. The first-order valence-corrected chi connectivity index (χ1v) is 5.59. The van der Waals surface area contributed by atoms with E-state index in [2.05, 4.69) is 4.98 Å². The number of aliphatic hydroxyl groups is 1. The van der Waals surface area contributed by atoms with Crippen molar-refractivity contribution in [3.63, 3.8) is 0 Å². The highest BCUT2D eigenvalue weighted by Crippen LogP contribution is 2.21. The van der Waals surface area contributed by atoms with Gasteiger partial charge in [-0.2, -0.15) is 0 Å². The Bertz CT molecular complexity index is 567. The minimum absolute atomic E-state index is 0.139. The van der Waals surface area contributed by atoms with Gasteiger partial charge < -0.3 is 10.8 Å². The number of aliphatic hydroxyl groups excluding tert-OH is 1. The zero-order valence-corrected chi connectivity index (χ0v) is 10.00. The molecular formula is C14H14N2O2. The molecule has 1 aromatic heterocycles. The number of nitrogens with zero attached hydrogens (tertiary/aromatic N) is 1. The molecule has 0 saturated heterocycles. The number of pyridine rings is 1. The van der Waals surface area contributed by atoms with Crippen molar-refractivity contribution in [3.05, 3.63) is 59.3 Å². The van der Waals surface area contributed by atoms with Crippen molar-refractivity contribution >= 4 is 11.6 Å². The minimum atomic E-state index is -1.21. The SMILES string of the molecule is Cc1cnc(N)c(C(=O)C(O)c2ccccc2)c1. The number of ketones is 1. The largest absolute Gasteiger partial charge is 0.383 e. The molecule has 0 aliphatic rings. The molecule has 92 valence electrons. The fourth-order valence-corrected chi connectivity index (χ4v) is 1.71. The molecule has 18 heavy (non-hydrogen) atoms. The zero-order chi connectivity index (χ0) is 13.1. The van der Waals surface area contributed by atoms with Gasteiger partial charge in [-0.1, -0.05) is 30.3 Å². The van der Waals surface area contributed by atoms with Crippen LogP contribution in [0, 0.1) is 6.92 Å². The van der Waals surface area contributed by atoms with E-state index in [4.69, 9.17) is 5.73 Å². The molecule has 0 radical (unpaired) electrons. The minimum Gasteiger partial charge on any atom is -0.383 e. The number of hydrogen-bond acceptors (Lipinski definition) is 4. The molecule has 1 atom stereocenters. The number of nitrogen functional groups attached to an aromatic ring is 1. The monoisotopic (exact) mass is 242 g/mol. The third-order valence-electron chi connectivity index (χ3n) is 2.68. The number of benzene rings is 1. The number of hydrogen-bond donors (Lipinski definition) is 2. The number of nitrogens with two attached hydrogens (primary N) is 1. The van der Waals surface area contributed by atoms with Gasteiger partial charge in [0.05, 0.1) is 5.56 Å². The first-order valence-electron chi connectivity index (χ1n) is 5.59. The molecule has 1 heterocycles. The lowest BCUT2D eigenvalue weighted by molar-refractivity contribution is 0.0748. The van der Waals surface area contributed by atoms with Crippen molar-refractivity contribution in [2.24, 2.45) is 0 Å². The number of aryl methyl sites for hydroxylation is 1. The second kappa shape index (κ2) is 4.98. The van der Waals surface area contributed by atoms with E-state index in [1.165, 1.54) is 0 Å². The van der Waals surface area contributed by atoms with Crippen molar-refractivity contribution in [3.8, 4) is 0 Å². The van der Waals surface area contributed by atoms with Gasteiger partial charge in [-0.3, -0.25) is 4.79 Å². The predicted octanol–water partition coefficient (Wildman–Crippen LogP) is 1.89. The molecule has 0 spiro atoms. The van der Waals surface area contributed by atoms with Crippen molar-refractivity contribution in [2.75, 3.05) is 5.73 Å². The summed E-state index contributed by atoms with van der Waals surface area (Å²) in [6.07, 6.45) is 0.373. The fourth-order valence-electron chi connectivity index (χ4n) is 1.71. The zero-order valence-electron chi connectivity index (χ0n) is 10.00. The van der Waals surface area contributed by atoms with Gasteiger partial charge in [0.15, 0.2) is 5.78 Å². The van der Waals surface area contributed by atoms with Crippen molar-refractivity contribution in [2.45, 2.75) is 13.0 Å². The molecular weight excluding hydrogens is 228 g/mol. The van der Waals surface area contributed by atoms with Crippen LogP contribution in [0.15, 0.2) is 42.6 Å². The van der Waals surface area contributed by atoms with Crippen molar-refractivity contribution < 1.29 is 9.90 Å². The molecule has 3 N–H and O–H groups in total. The van der Waals surface area contributed by atoms with E-state index >= 15 is 0 Å². The maximum absolute atomic E-state index is 12.1. The summed E-state index contributed by atoms with van der Waals surface area (Å²) in [4.78, 5) is 16.1. The van der Waals surface area contributed by atoms with E-state index in [0.717, 1.165) is 5.56 Å². The van der Waals surface area contributed by atoms with E-state index in [-0.39, 0.29) is 11.4 Å². The van der Waals surface area contributed by atoms with E-state index in [1.54, 1.807) is 36.5 Å². The van der Waals surface area contributed by atoms with E-state index in [9.17, 15) is 9.90 Å². The van der Waals surface area contributed by atoms with Crippen LogP contribution in [0.25, 0.3) is 0 Å². The van der Waals surface area contributed by atoms with Gasteiger partial charge in [0.1, 0.15) is 11.9 Å². The smallest absolute Gasteiger partial charge is 0.199 e. The Morgan fingerprint density at radius 2 is 2.00 bits per heavy atom. The van der Waals surface area contributed by atoms with Crippen LogP contribution >= 0.6 is 0 Å². The third-order valence-corrected chi connectivity index (χ3v) is 2.68. The average molecular weight is 242 g/mol. The second-order valence-electron chi connectivity index (χ2n) is 4.12. The average Bonchev–Trinajstić information content (AvgIpc) is 2.41. The molecule has 1 unspecified atom stereocenters. The Labute approximate surface area is 105 Å². The Balaban J connectivity index is 2.34. The van der Waals surface area contributed by atoms with Gasteiger partial charge in [-0.25, -0.2) is 4.98 Å². The van der Waals surface area contributed by atoms with Gasteiger partial charge in [-0.15, -0.1) is 0 Å². The second-order valence-corrected chi connectivity index (χ2v) is 4.12. The summed E-state index contributed by atoms with van der Waals surface area (Å²) in [5.74, 6) is -0.296. The number of anilines is 1. The fraction of sp³-hybridized carbons (Fsp3) is 0.143. The molecule has 4 heteroatoms. The molecule has 4 nitrogen and oxygen atoms in total. The highest BCUT2D eigenvalue weighted by atomic mass is 16.3. The summed E-state index contributed by atoms with van der Waals surface area (Å²) in [6.45, 7) is 1.82. The van der Waals surface area contributed by atoms with Gasteiger partial charge in [-0.05, 0) is 24.1 Å². The molecule has 2 rings (SSSR count). The Morgan fingerprint density at radius 1 is 1.33 bits per heavy atom. The summed E-state index contributed by atoms with van der Waals surface area (Å²) < 4.78 is 0. The van der Waals surface area contributed by atoms with Crippen LogP contribution in [-0.2, 0) is 0 Å². The molecule has 0 aliphatic carbocycles. The van der Waals surface area contributed by atoms with Crippen LogP contribution in [0.4, 0.5) is 5.82 Å². The first-order chi connectivity index (χ1) is 8.59. The lowest BCUT2D eigenvalue weighted by atomic mass is 10.00. The van der Waals surface area contributed by atoms with Crippen molar-refractivity contribution in [1.82, 2.24) is 4.98 Å². The topological polar surface area (TPSA) is 76.2 Å². The number of Topliss-reactive ketones (excluding diaryl/α,β-unsaturated/α-hetero) is 1. The van der Waals surface area contributed by atoms with E-state index in [0.29, 0.717) is 5.56 Å². The molecule has 0 amide bonds. The number of carbonyl (C=O) groups is 1. The highest BCUT2D eigenvalue weighted by molar-refractivity contribution is 6.03. The van der Waals surface area contributed by atoms with Crippen LogP contribution < -0.4 is 5.73 Å². The Hall–Kier alpha value is -2.20. The van der Waals surface area contributed by atoms with Crippen molar-refractivity contribution in [1.29, 1.82) is 0 Å². The highest BCUT2D eigenvalue weighted by Gasteiger charge is 2.21. The first kappa shape index (κ1) is 12.3. The molecule has 1 aromatic carbocycles. The lowest BCUT2D eigenvalue weighted by Gasteiger charge is -2.11. The molecule has 0 saturated carbocycles. The lowest BCUT2D eigenvalue weighted by Crippen LogP contribution is -2.15. The molecule has 0 fully saturated rings. The van der Waals surface area contributed by atoms with Crippen LogP contribution in [0.1, 0.15) is 27.6 Å². The number of rotatable bonds is 3. The van der Waals surface area contributed by atoms with Crippen LogP contribution in [-0.4, -0.2) is 15.9 Å². The Morgan fingerprint density at radius 3 is 2.67 bits per heavy atom. The predicted molar refractivity (Wildman–Crippen MR) is 69.1 cm³/mol. The summed E-state index contributed by atoms with van der Waals surface area (Å²) in [6, 6.07) is 10.4. The van der Waals surface area contributed by atoms with Gasteiger partial charge in [0.25, 0.3) is 0 Å². The van der Waals surface area contributed by atoms with Gasteiger partial charge in [0, 0.05) is 6.20 Å². The van der Waals surface area contributed by atoms with Crippen LogP contribution in [0.2, 0.25) is 0 Å². The van der Waals surface area contributed by atoms with Crippen LogP contribution in [0.3, 0.4) is 0 Å². The quantitative estimate of drug-likeness (QED) is 0.806.